The van der Waals surface area contributed by atoms with E-state index in [0.29, 0.717) is 35.7 Å². The van der Waals surface area contributed by atoms with Crippen molar-refractivity contribution in [3.8, 4) is 0 Å². The minimum Gasteiger partial charge on any atom is -0.352 e. The Labute approximate surface area is 172 Å². The molecule has 1 aromatic carbocycles. The number of benzene rings is 1. The molecule has 0 bridgehead atoms. The van der Waals surface area contributed by atoms with E-state index in [1.807, 2.05) is 32.9 Å². The van der Waals surface area contributed by atoms with Gasteiger partial charge in [0.2, 0.25) is 0 Å². The average Bonchev–Trinajstić information content (AvgIpc) is 2.75. The lowest BCUT2D eigenvalue weighted by Crippen LogP contribution is -2.44. The van der Waals surface area contributed by atoms with Crippen LogP contribution in [0, 0.1) is 6.92 Å². The highest BCUT2D eigenvalue weighted by atomic mass is 16.2. The standard InChI is InChI=1S/C22H29N5O2/c1-4-26(5-2)22(29)18-14-19(20(24-15-18)27-12-10-23-11-13-27)25-21(28)17-8-6-16(3)7-9-17/h6-9,14-15,23H,4-5,10-13H2,1-3H3,(H,25,28). The van der Waals surface area contributed by atoms with Gasteiger partial charge in [-0.1, -0.05) is 17.7 Å². The summed E-state index contributed by atoms with van der Waals surface area (Å²) in [5.74, 6) is 0.402. The first kappa shape index (κ1) is 20.8. The lowest BCUT2D eigenvalue weighted by atomic mass is 10.1. The van der Waals surface area contributed by atoms with Crippen LogP contribution in [0.1, 0.15) is 40.1 Å². The first-order chi connectivity index (χ1) is 14.0. The van der Waals surface area contributed by atoms with Crippen molar-refractivity contribution < 1.29 is 9.59 Å². The molecule has 0 aliphatic carbocycles. The molecule has 2 heterocycles. The molecule has 0 saturated carbocycles. The number of carbonyl (C=O) groups is 2. The summed E-state index contributed by atoms with van der Waals surface area (Å²) < 4.78 is 0. The van der Waals surface area contributed by atoms with E-state index in [1.54, 1.807) is 29.3 Å². The van der Waals surface area contributed by atoms with Gasteiger partial charge in [-0.2, -0.15) is 0 Å². The molecule has 2 aromatic rings. The van der Waals surface area contributed by atoms with Crippen molar-refractivity contribution in [2.45, 2.75) is 20.8 Å². The molecule has 1 aromatic heterocycles. The smallest absolute Gasteiger partial charge is 0.255 e. The van der Waals surface area contributed by atoms with Gasteiger partial charge in [0.05, 0.1) is 11.3 Å². The number of nitrogens with zero attached hydrogens (tertiary/aromatic N) is 3. The minimum atomic E-state index is -0.212. The van der Waals surface area contributed by atoms with Gasteiger partial charge in [-0.25, -0.2) is 4.98 Å². The molecule has 2 amide bonds. The third kappa shape index (κ3) is 4.92. The number of aromatic nitrogens is 1. The molecule has 2 N–H and O–H groups in total. The molecule has 7 nitrogen and oxygen atoms in total. The number of aryl methyl sites for hydroxylation is 1. The van der Waals surface area contributed by atoms with Crippen LogP contribution >= 0.6 is 0 Å². The molecular weight excluding hydrogens is 366 g/mol. The van der Waals surface area contributed by atoms with E-state index in [2.05, 4.69) is 20.5 Å². The van der Waals surface area contributed by atoms with Crippen LogP contribution in [0.5, 0.6) is 0 Å². The third-order valence-corrected chi connectivity index (χ3v) is 5.14. The van der Waals surface area contributed by atoms with Gasteiger partial charge >= 0.3 is 0 Å². The second-order valence-electron chi connectivity index (χ2n) is 7.13. The first-order valence-corrected chi connectivity index (χ1v) is 10.2. The molecule has 154 valence electrons. The van der Waals surface area contributed by atoms with Gasteiger partial charge in [0.15, 0.2) is 5.82 Å². The van der Waals surface area contributed by atoms with Gasteiger partial charge in [-0.3, -0.25) is 9.59 Å². The number of nitrogens with one attached hydrogen (secondary N) is 2. The quantitative estimate of drug-likeness (QED) is 0.786. The van der Waals surface area contributed by atoms with Gasteiger partial charge in [0.25, 0.3) is 11.8 Å². The monoisotopic (exact) mass is 395 g/mol. The number of pyridine rings is 1. The fourth-order valence-corrected chi connectivity index (χ4v) is 3.39. The summed E-state index contributed by atoms with van der Waals surface area (Å²) in [6.07, 6.45) is 1.61. The molecule has 0 unspecified atom stereocenters. The van der Waals surface area contributed by atoms with Crippen LogP contribution in [0.3, 0.4) is 0 Å². The Morgan fingerprint density at radius 3 is 2.38 bits per heavy atom. The molecule has 0 atom stereocenters. The van der Waals surface area contributed by atoms with E-state index >= 15 is 0 Å². The van der Waals surface area contributed by atoms with Gasteiger partial charge in [0.1, 0.15) is 0 Å². The zero-order chi connectivity index (χ0) is 20.8. The number of hydrogen-bond acceptors (Lipinski definition) is 5. The molecule has 1 aliphatic heterocycles. The van der Waals surface area contributed by atoms with E-state index in [1.165, 1.54) is 0 Å². The molecule has 1 aliphatic rings. The number of hydrogen-bond donors (Lipinski definition) is 2. The summed E-state index contributed by atoms with van der Waals surface area (Å²) in [6, 6.07) is 9.16. The van der Waals surface area contributed by atoms with Gasteiger partial charge < -0.3 is 20.4 Å². The molecular formula is C22H29N5O2. The fraction of sp³-hybridized carbons (Fsp3) is 0.409. The average molecular weight is 396 g/mol. The number of piperazine rings is 1. The molecule has 1 saturated heterocycles. The second kappa shape index (κ2) is 9.52. The predicted octanol–water partition coefficient (Wildman–Crippen LogP) is 2.53. The normalized spacial score (nSPS) is 13.8. The largest absolute Gasteiger partial charge is 0.352 e. The zero-order valence-electron chi connectivity index (χ0n) is 17.4. The van der Waals surface area contributed by atoms with Crippen LogP contribution in [0.15, 0.2) is 36.5 Å². The number of carbonyl (C=O) groups excluding carboxylic acids is 2. The number of amides is 2. The van der Waals surface area contributed by atoms with Crippen LogP contribution in [-0.4, -0.2) is 61.0 Å². The van der Waals surface area contributed by atoms with Gasteiger partial charge in [0, 0.05) is 51.0 Å². The highest BCUT2D eigenvalue weighted by Gasteiger charge is 2.21. The van der Waals surface area contributed by atoms with Crippen LogP contribution in [0.2, 0.25) is 0 Å². The Hall–Kier alpha value is -2.93. The minimum absolute atomic E-state index is 0.0832. The van der Waals surface area contributed by atoms with E-state index in [-0.39, 0.29) is 11.8 Å². The summed E-state index contributed by atoms with van der Waals surface area (Å²) in [7, 11) is 0. The van der Waals surface area contributed by atoms with E-state index < -0.39 is 0 Å². The van der Waals surface area contributed by atoms with Crippen molar-refractivity contribution in [2.75, 3.05) is 49.5 Å². The summed E-state index contributed by atoms with van der Waals surface area (Å²) in [5, 5.41) is 6.30. The maximum absolute atomic E-state index is 12.8. The highest BCUT2D eigenvalue weighted by Crippen LogP contribution is 2.26. The van der Waals surface area contributed by atoms with Crippen LogP contribution in [0.4, 0.5) is 11.5 Å². The van der Waals surface area contributed by atoms with Crippen molar-refractivity contribution in [1.29, 1.82) is 0 Å². The van der Waals surface area contributed by atoms with Crippen molar-refractivity contribution in [3.05, 3.63) is 53.2 Å². The Kier molecular flexibility index (Phi) is 6.82. The maximum Gasteiger partial charge on any atom is 0.255 e. The van der Waals surface area contributed by atoms with Crippen molar-refractivity contribution in [1.82, 2.24) is 15.2 Å². The van der Waals surface area contributed by atoms with E-state index in [4.69, 9.17) is 0 Å². The van der Waals surface area contributed by atoms with E-state index in [9.17, 15) is 9.59 Å². The lowest BCUT2D eigenvalue weighted by molar-refractivity contribution is 0.0772. The van der Waals surface area contributed by atoms with Crippen LogP contribution in [0.25, 0.3) is 0 Å². The fourth-order valence-electron chi connectivity index (χ4n) is 3.39. The summed E-state index contributed by atoms with van der Waals surface area (Å²) in [5.41, 5.74) is 2.71. The molecule has 29 heavy (non-hydrogen) atoms. The van der Waals surface area contributed by atoms with Crippen molar-refractivity contribution in [2.24, 2.45) is 0 Å². The van der Waals surface area contributed by atoms with E-state index in [0.717, 1.165) is 31.7 Å². The highest BCUT2D eigenvalue weighted by molar-refractivity contribution is 6.06. The van der Waals surface area contributed by atoms with Gasteiger partial charge in [-0.05, 0) is 39.0 Å². The Morgan fingerprint density at radius 2 is 1.76 bits per heavy atom. The maximum atomic E-state index is 12.8. The van der Waals surface area contributed by atoms with Crippen molar-refractivity contribution in [3.63, 3.8) is 0 Å². The molecule has 3 rings (SSSR count). The summed E-state index contributed by atoms with van der Waals surface area (Å²) in [4.78, 5) is 34.1. The lowest BCUT2D eigenvalue weighted by Gasteiger charge is -2.30. The molecule has 0 radical (unpaired) electrons. The van der Waals surface area contributed by atoms with Gasteiger partial charge in [-0.15, -0.1) is 0 Å². The molecule has 0 spiro atoms. The molecule has 1 fully saturated rings. The van der Waals surface area contributed by atoms with Crippen molar-refractivity contribution >= 4 is 23.3 Å². The first-order valence-electron chi connectivity index (χ1n) is 10.2. The predicted molar refractivity (Wildman–Crippen MR) is 116 cm³/mol. The Bertz CT molecular complexity index is 856. The topological polar surface area (TPSA) is 77.6 Å². The van der Waals surface area contributed by atoms with Crippen LogP contribution < -0.4 is 15.5 Å². The number of rotatable bonds is 6. The summed E-state index contributed by atoms with van der Waals surface area (Å²) >= 11 is 0. The molecule has 7 heteroatoms. The summed E-state index contributed by atoms with van der Waals surface area (Å²) in [6.45, 7) is 10.4. The third-order valence-electron chi connectivity index (χ3n) is 5.14. The van der Waals surface area contributed by atoms with Crippen LogP contribution in [-0.2, 0) is 0 Å². The number of anilines is 2. The Balaban J connectivity index is 1.93. The second-order valence-corrected chi connectivity index (χ2v) is 7.13. The SMILES string of the molecule is CCN(CC)C(=O)c1cnc(N2CCNCC2)c(NC(=O)c2ccc(C)cc2)c1. The zero-order valence-corrected chi connectivity index (χ0v) is 17.4. The Morgan fingerprint density at radius 1 is 1.10 bits per heavy atom.